The average Bonchev–Trinajstić information content (AvgIpc) is 3.93. The number of carbonyl (C=O) groups excluding carboxylic acids is 4. The molecule has 256 valence electrons. The summed E-state index contributed by atoms with van der Waals surface area (Å²) in [6.07, 6.45) is 14.1. The largest absolute Gasteiger partial charge is 0.465 e. The maximum Gasteiger partial charge on any atom is 0.414 e. The zero-order valence-electron chi connectivity index (χ0n) is 27.6. The van der Waals surface area contributed by atoms with Crippen molar-refractivity contribution in [1.82, 2.24) is 10.3 Å². The van der Waals surface area contributed by atoms with E-state index in [9.17, 15) is 19.2 Å². The number of aromatic nitrogens is 1. The summed E-state index contributed by atoms with van der Waals surface area (Å²) in [4.78, 5) is 53.6. The van der Waals surface area contributed by atoms with Gasteiger partial charge in [0.1, 0.15) is 29.8 Å². The van der Waals surface area contributed by atoms with E-state index in [-0.39, 0.29) is 18.7 Å². The van der Waals surface area contributed by atoms with Crippen molar-refractivity contribution in [2.45, 2.75) is 122 Å². The van der Waals surface area contributed by atoms with E-state index in [1.165, 1.54) is 25.5 Å². The molecule has 0 radical (unpaired) electrons. The van der Waals surface area contributed by atoms with Gasteiger partial charge in [-0.1, -0.05) is 62.5 Å². The monoisotopic (exact) mass is 654 g/mol. The molecule has 3 aliphatic rings. The van der Waals surface area contributed by atoms with Crippen molar-refractivity contribution < 1.29 is 47.3 Å². The van der Waals surface area contributed by atoms with Gasteiger partial charge in [0.15, 0.2) is 12.2 Å². The first kappa shape index (κ1) is 35.8. The first-order valence-corrected chi connectivity index (χ1v) is 16.5. The fraction of sp³-hybridized carbons (Fsp3) is 0.571. The molecule has 2 amide bonds. The lowest BCUT2D eigenvalue weighted by atomic mass is 10.00. The second-order valence-electron chi connectivity index (χ2n) is 12.0. The van der Waals surface area contributed by atoms with Crippen LogP contribution in [0, 0.1) is 6.92 Å². The summed E-state index contributed by atoms with van der Waals surface area (Å²) in [6.45, 7) is 7.37. The molecule has 1 N–H and O–H groups in total. The van der Waals surface area contributed by atoms with Gasteiger partial charge in [-0.25, -0.2) is 14.6 Å². The van der Waals surface area contributed by atoms with Gasteiger partial charge in [-0.3, -0.25) is 14.9 Å². The van der Waals surface area contributed by atoms with Crippen LogP contribution in [0.2, 0.25) is 0 Å². The minimum Gasteiger partial charge on any atom is -0.465 e. The van der Waals surface area contributed by atoms with Gasteiger partial charge in [-0.15, -0.1) is 0 Å². The molecule has 4 heterocycles. The van der Waals surface area contributed by atoms with Crippen molar-refractivity contribution in [3.8, 4) is 0 Å². The molecule has 0 spiro atoms. The van der Waals surface area contributed by atoms with Gasteiger partial charge in [-0.05, 0) is 51.7 Å². The van der Waals surface area contributed by atoms with Crippen LogP contribution in [0.5, 0.6) is 0 Å². The summed E-state index contributed by atoms with van der Waals surface area (Å²) in [6, 6.07) is 0. The molecule has 12 nitrogen and oxygen atoms in total. The smallest absolute Gasteiger partial charge is 0.414 e. The molecule has 0 aliphatic carbocycles. The molecule has 1 aromatic rings. The van der Waals surface area contributed by atoms with E-state index in [0.29, 0.717) is 43.0 Å². The molecular weight excluding hydrogens is 608 g/mol. The number of oxazole rings is 1. The summed E-state index contributed by atoms with van der Waals surface area (Å²) in [5.74, 6) is -0.364. The van der Waals surface area contributed by atoms with E-state index >= 15 is 0 Å². The van der Waals surface area contributed by atoms with Crippen molar-refractivity contribution in [3.63, 3.8) is 0 Å². The molecule has 12 heteroatoms. The number of epoxide rings is 2. The molecule has 2 bridgehead atoms. The fourth-order valence-corrected chi connectivity index (χ4v) is 5.34. The van der Waals surface area contributed by atoms with Crippen LogP contribution in [0.4, 0.5) is 4.79 Å². The average molecular weight is 655 g/mol. The Morgan fingerprint density at radius 1 is 1.04 bits per heavy atom. The third-order valence-electron chi connectivity index (χ3n) is 7.93. The van der Waals surface area contributed by atoms with Crippen molar-refractivity contribution in [2.24, 2.45) is 0 Å². The van der Waals surface area contributed by atoms with E-state index < -0.39 is 48.5 Å². The van der Waals surface area contributed by atoms with Gasteiger partial charge in [0, 0.05) is 19.4 Å². The van der Waals surface area contributed by atoms with Crippen LogP contribution >= 0.6 is 0 Å². The Labute approximate surface area is 275 Å². The molecule has 2 saturated heterocycles. The van der Waals surface area contributed by atoms with Crippen molar-refractivity contribution in [1.29, 1.82) is 0 Å². The molecule has 0 saturated carbocycles. The lowest BCUT2D eigenvalue weighted by Crippen LogP contribution is -2.46. The first-order chi connectivity index (χ1) is 22.6. The lowest BCUT2D eigenvalue weighted by Gasteiger charge is -2.24. The number of ether oxygens (including phenoxy) is 5. The SMILES string of the molecule is CCCCCCCC(=O)OCCC=CC1OC1C1OC(=O)C=C/C=C/c2nc(oc2C)C=C(C)CCC2OC2C1OC(=O)NC(C)=O. The Morgan fingerprint density at radius 3 is 2.62 bits per heavy atom. The Bertz CT molecular complexity index is 1380. The standard InChI is InChI=1S/C35H46N2O10/c1-5-6-7-8-9-16-29(39)42-20-13-12-15-26-31(44-26)33-34(47-35(41)36-24(4)38)32-27(45-32)19-18-22(2)21-28-37-25(23(3)43-28)14-10-11-17-30(40)46-33/h10-12,14-15,17,21,26-27,31-34H,5-9,13,16,18-20H2,1-4H3,(H,36,38,41)/b14-10+,15-12?,17-11?,22-21?. The highest BCUT2D eigenvalue weighted by Gasteiger charge is 2.58. The maximum absolute atomic E-state index is 13.0. The number of unbranched alkanes of at least 4 members (excludes halogenated alkanes) is 4. The number of nitrogens with one attached hydrogen (secondary N) is 1. The number of cyclic esters (lactones) is 1. The number of fused-ring (bicyclic) bond motifs is 3. The minimum absolute atomic E-state index is 0.207. The van der Waals surface area contributed by atoms with Crippen molar-refractivity contribution >= 4 is 36.1 Å². The van der Waals surface area contributed by atoms with Gasteiger partial charge in [-0.2, -0.15) is 0 Å². The second-order valence-corrected chi connectivity index (χ2v) is 12.0. The van der Waals surface area contributed by atoms with Crippen LogP contribution in [0.1, 0.15) is 95.9 Å². The van der Waals surface area contributed by atoms with Gasteiger partial charge < -0.3 is 28.1 Å². The van der Waals surface area contributed by atoms with Crippen LogP contribution in [-0.2, 0) is 38.1 Å². The molecular formula is C35H46N2O10. The molecule has 6 atom stereocenters. The molecule has 0 aromatic carbocycles. The number of hydrogen-bond donors (Lipinski definition) is 1. The van der Waals surface area contributed by atoms with E-state index in [1.807, 2.05) is 26.0 Å². The number of nitrogens with zero attached hydrogens (tertiary/aromatic N) is 1. The Balaban J connectivity index is 1.43. The van der Waals surface area contributed by atoms with E-state index in [2.05, 4.69) is 17.2 Å². The van der Waals surface area contributed by atoms with Crippen LogP contribution < -0.4 is 5.32 Å². The van der Waals surface area contributed by atoms with E-state index in [0.717, 1.165) is 31.3 Å². The number of carbonyl (C=O) groups is 4. The van der Waals surface area contributed by atoms with Crippen LogP contribution in [0.15, 0.2) is 40.4 Å². The predicted molar refractivity (Wildman–Crippen MR) is 172 cm³/mol. The highest BCUT2D eigenvalue weighted by molar-refractivity contribution is 5.90. The number of amides is 2. The van der Waals surface area contributed by atoms with Crippen LogP contribution in [0.3, 0.4) is 0 Å². The van der Waals surface area contributed by atoms with Crippen molar-refractivity contribution in [3.05, 3.63) is 53.3 Å². The summed E-state index contributed by atoms with van der Waals surface area (Å²) in [5, 5.41) is 2.11. The number of hydrogen-bond acceptors (Lipinski definition) is 11. The first-order valence-electron chi connectivity index (χ1n) is 16.5. The van der Waals surface area contributed by atoms with Crippen LogP contribution in [-0.4, -0.2) is 72.2 Å². The molecule has 1 aromatic heterocycles. The Morgan fingerprint density at radius 2 is 1.83 bits per heavy atom. The van der Waals surface area contributed by atoms with Gasteiger partial charge >= 0.3 is 18.0 Å². The summed E-state index contributed by atoms with van der Waals surface area (Å²) in [7, 11) is 0. The molecule has 2 fully saturated rings. The number of rotatable bonds is 12. The molecule has 47 heavy (non-hydrogen) atoms. The predicted octanol–water partition coefficient (Wildman–Crippen LogP) is 5.69. The van der Waals surface area contributed by atoms with Crippen molar-refractivity contribution in [2.75, 3.05) is 6.61 Å². The number of aryl methyl sites for hydroxylation is 1. The maximum atomic E-state index is 13.0. The molecule has 6 unspecified atom stereocenters. The number of allylic oxidation sites excluding steroid dienone is 3. The summed E-state index contributed by atoms with van der Waals surface area (Å²) < 4.78 is 34.4. The van der Waals surface area contributed by atoms with Crippen LogP contribution in [0.25, 0.3) is 12.2 Å². The third kappa shape index (κ3) is 11.9. The topological polar surface area (TPSA) is 159 Å². The zero-order valence-corrected chi connectivity index (χ0v) is 27.6. The second kappa shape index (κ2) is 17.8. The normalized spacial score (nSPS) is 26.4. The van der Waals surface area contributed by atoms with Gasteiger partial charge in [0.05, 0.1) is 12.7 Å². The van der Waals surface area contributed by atoms with Gasteiger partial charge in [0.25, 0.3) is 0 Å². The zero-order chi connectivity index (χ0) is 33.8. The minimum atomic E-state index is -1.05. The highest BCUT2D eigenvalue weighted by Crippen LogP contribution is 2.40. The quantitative estimate of drug-likeness (QED) is 0.0970. The van der Waals surface area contributed by atoms with E-state index in [1.54, 1.807) is 18.2 Å². The van der Waals surface area contributed by atoms with E-state index in [4.69, 9.17) is 28.1 Å². The Hall–Kier alpha value is -4.03. The number of alkyl carbamates (subject to hydrolysis) is 1. The molecule has 4 rings (SSSR count). The highest BCUT2D eigenvalue weighted by atomic mass is 16.7. The summed E-state index contributed by atoms with van der Waals surface area (Å²) in [5.41, 5.74) is 1.65. The summed E-state index contributed by atoms with van der Waals surface area (Å²) >= 11 is 0. The lowest BCUT2D eigenvalue weighted by molar-refractivity contribution is -0.151. The Kier molecular flexibility index (Phi) is 13.5. The molecule has 3 aliphatic heterocycles. The third-order valence-corrected chi connectivity index (χ3v) is 7.93. The number of esters is 2. The van der Waals surface area contributed by atoms with Gasteiger partial charge in [0.2, 0.25) is 11.8 Å². The fourth-order valence-electron chi connectivity index (χ4n) is 5.34. The number of imide groups is 1.